The highest BCUT2D eigenvalue weighted by Crippen LogP contribution is 2.22. The number of benzene rings is 2. The minimum Gasteiger partial charge on any atom is -0.493 e. The molecule has 0 unspecified atom stereocenters. The van der Waals surface area contributed by atoms with Gasteiger partial charge in [-0.05, 0) is 36.8 Å². The summed E-state index contributed by atoms with van der Waals surface area (Å²) in [5.74, 6) is -0.485. The van der Waals surface area contributed by atoms with Gasteiger partial charge in [-0.3, -0.25) is 4.79 Å². The molecule has 0 aromatic heterocycles. The summed E-state index contributed by atoms with van der Waals surface area (Å²) in [4.78, 5) is 24.1. The smallest absolute Gasteiger partial charge is 0.337 e. The molecule has 1 amide bonds. The van der Waals surface area contributed by atoms with Crippen LogP contribution in [0.1, 0.15) is 29.3 Å². The number of methoxy groups -OCH3 is 1. The van der Waals surface area contributed by atoms with Crippen molar-refractivity contribution in [1.82, 2.24) is 0 Å². The first-order valence-corrected chi connectivity index (χ1v) is 8.42. The Kier molecular flexibility index (Phi) is 7.15. The van der Waals surface area contributed by atoms with Crippen molar-refractivity contribution in [1.29, 1.82) is 5.26 Å². The van der Waals surface area contributed by atoms with Gasteiger partial charge in [-0.1, -0.05) is 31.2 Å². The topological polar surface area (TPSA) is 88.4 Å². The van der Waals surface area contributed by atoms with Crippen molar-refractivity contribution < 1.29 is 19.1 Å². The molecule has 0 saturated heterocycles. The number of rotatable bonds is 7. The van der Waals surface area contributed by atoms with E-state index < -0.39 is 11.9 Å². The maximum absolute atomic E-state index is 12.5. The standard InChI is InChI=1S/C21H20N2O4/c1-3-11-27-19-10-5-4-7-15(19)12-17(14-22)20(24)23-18-9-6-8-16(13-18)21(25)26-2/h4-10,12-13H,3,11H2,1-2H3,(H,23,24)/b17-12+. The van der Waals surface area contributed by atoms with Crippen molar-refractivity contribution in [2.75, 3.05) is 19.0 Å². The van der Waals surface area contributed by atoms with Crippen molar-refractivity contribution in [3.8, 4) is 11.8 Å². The van der Waals surface area contributed by atoms with Gasteiger partial charge in [0.1, 0.15) is 17.4 Å². The molecule has 0 bridgehead atoms. The van der Waals surface area contributed by atoms with Crippen LogP contribution in [0.2, 0.25) is 0 Å². The number of ether oxygens (including phenoxy) is 2. The predicted molar refractivity (Wildman–Crippen MR) is 102 cm³/mol. The van der Waals surface area contributed by atoms with Crippen LogP contribution >= 0.6 is 0 Å². The van der Waals surface area contributed by atoms with Gasteiger partial charge in [0.2, 0.25) is 0 Å². The van der Waals surface area contributed by atoms with Gasteiger partial charge in [0, 0.05) is 11.3 Å². The lowest BCUT2D eigenvalue weighted by molar-refractivity contribution is -0.112. The minimum atomic E-state index is -0.579. The fourth-order valence-corrected chi connectivity index (χ4v) is 2.29. The fraction of sp³-hybridized carbons (Fsp3) is 0.190. The highest BCUT2D eigenvalue weighted by Gasteiger charge is 2.13. The van der Waals surface area contributed by atoms with Crippen molar-refractivity contribution in [2.45, 2.75) is 13.3 Å². The van der Waals surface area contributed by atoms with Crippen LogP contribution in [0.3, 0.4) is 0 Å². The van der Waals surface area contributed by atoms with Crippen molar-refractivity contribution in [3.63, 3.8) is 0 Å². The van der Waals surface area contributed by atoms with Crippen LogP contribution in [0, 0.1) is 11.3 Å². The molecule has 27 heavy (non-hydrogen) atoms. The summed E-state index contributed by atoms with van der Waals surface area (Å²) in [5, 5.41) is 12.0. The largest absolute Gasteiger partial charge is 0.493 e. The second-order valence-corrected chi connectivity index (χ2v) is 5.58. The number of hydrogen-bond acceptors (Lipinski definition) is 5. The quantitative estimate of drug-likeness (QED) is 0.458. The molecule has 0 fully saturated rings. The second kappa shape index (κ2) is 9.78. The average Bonchev–Trinajstić information content (AvgIpc) is 2.70. The number of nitriles is 1. The van der Waals surface area contributed by atoms with Crippen molar-refractivity contribution in [2.24, 2.45) is 0 Å². The number of amides is 1. The van der Waals surface area contributed by atoms with Crippen LogP contribution in [-0.4, -0.2) is 25.6 Å². The van der Waals surface area contributed by atoms with Gasteiger partial charge in [-0.2, -0.15) is 5.26 Å². The Balaban J connectivity index is 2.23. The molecule has 0 saturated carbocycles. The third-order valence-electron chi connectivity index (χ3n) is 3.59. The Morgan fingerprint density at radius 2 is 1.96 bits per heavy atom. The van der Waals surface area contributed by atoms with E-state index in [1.54, 1.807) is 36.4 Å². The molecule has 2 rings (SSSR count). The SMILES string of the molecule is CCCOc1ccccc1/C=C(\C#N)C(=O)Nc1cccc(C(=O)OC)c1. The summed E-state index contributed by atoms with van der Waals surface area (Å²) in [5.41, 5.74) is 1.25. The molecule has 0 aliphatic heterocycles. The predicted octanol–water partition coefficient (Wildman–Crippen LogP) is 3.81. The summed E-state index contributed by atoms with van der Waals surface area (Å²) >= 11 is 0. The van der Waals surface area contributed by atoms with Gasteiger partial charge in [-0.15, -0.1) is 0 Å². The molecule has 6 heteroatoms. The lowest BCUT2D eigenvalue weighted by atomic mass is 10.1. The molecule has 0 spiro atoms. The molecule has 0 atom stereocenters. The number of anilines is 1. The molecular weight excluding hydrogens is 344 g/mol. The number of carbonyl (C=O) groups is 2. The van der Waals surface area contributed by atoms with Gasteiger partial charge < -0.3 is 14.8 Å². The Morgan fingerprint density at radius 3 is 2.67 bits per heavy atom. The monoisotopic (exact) mass is 364 g/mol. The zero-order valence-electron chi connectivity index (χ0n) is 15.2. The zero-order valence-corrected chi connectivity index (χ0v) is 15.2. The first kappa shape index (κ1) is 19.7. The Hall–Kier alpha value is -3.59. The first-order chi connectivity index (χ1) is 13.1. The lowest BCUT2D eigenvalue weighted by Gasteiger charge is -2.09. The van der Waals surface area contributed by atoms with Crippen LogP contribution < -0.4 is 10.1 Å². The molecule has 0 heterocycles. The molecule has 138 valence electrons. The summed E-state index contributed by atoms with van der Waals surface area (Å²) in [6, 6.07) is 15.4. The Labute approximate surface area is 158 Å². The number of nitrogens with zero attached hydrogens (tertiary/aromatic N) is 1. The van der Waals surface area contributed by atoms with E-state index in [1.807, 2.05) is 19.1 Å². The molecule has 0 radical (unpaired) electrons. The van der Waals surface area contributed by atoms with Crippen molar-refractivity contribution in [3.05, 3.63) is 65.2 Å². The maximum atomic E-state index is 12.5. The number of para-hydroxylation sites is 1. The molecule has 0 aliphatic rings. The van der Waals surface area contributed by atoms with E-state index in [0.717, 1.165) is 6.42 Å². The third kappa shape index (κ3) is 5.44. The van der Waals surface area contributed by atoms with E-state index in [2.05, 4.69) is 10.1 Å². The lowest BCUT2D eigenvalue weighted by Crippen LogP contribution is -2.14. The average molecular weight is 364 g/mol. The zero-order chi connectivity index (χ0) is 19.6. The van der Waals surface area contributed by atoms with E-state index >= 15 is 0 Å². The normalized spacial score (nSPS) is 10.6. The van der Waals surface area contributed by atoms with Gasteiger partial charge >= 0.3 is 5.97 Å². The minimum absolute atomic E-state index is 0.0778. The summed E-state index contributed by atoms with van der Waals surface area (Å²) in [6.07, 6.45) is 2.32. The van der Waals surface area contributed by atoms with E-state index in [4.69, 9.17) is 4.74 Å². The number of hydrogen-bond donors (Lipinski definition) is 1. The Morgan fingerprint density at radius 1 is 1.19 bits per heavy atom. The van der Waals surface area contributed by atoms with E-state index in [0.29, 0.717) is 29.2 Å². The van der Waals surface area contributed by atoms with Gasteiger partial charge in [0.15, 0.2) is 0 Å². The van der Waals surface area contributed by atoms with Crippen LogP contribution in [0.4, 0.5) is 5.69 Å². The van der Waals surface area contributed by atoms with E-state index in [9.17, 15) is 14.9 Å². The number of nitrogens with one attached hydrogen (secondary N) is 1. The van der Waals surface area contributed by atoms with Gasteiger partial charge in [0.05, 0.1) is 19.3 Å². The van der Waals surface area contributed by atoms with Gasteiger partial charge in [-0.25, -0.2) is 4.79 Å². The highest BCUT2D eigenvalue weighted by molar-refractivity contribution is 6.10. The third-order valence-corrected chi connectivity index (χ3v) is 3.59. The molecule has 2 aromatic rings. The molecule has 2 aromatic carbocycles. The maximum Gasteiger partial charge on any atom is 0.337 e. The van der Waals surface area contributed by atoms with Crippen LogP contribution in [0.25, 0.3) is 6.08 Å². The first-order valence-electron chi connectivity index (χ1n) is 8.42. The molecule has 6 nitrogen and oxygen atoms in total. The van der Waals surface area contributed by atoms with Crippen LogP contribution in [0.15, 0.2) is 54.1 Å². The number of carbonyl (C=O) groups excluding carboxylic acids is 2. The van der Waals surface area contributed by atoms with Gasteiger partial charge in [0.25, 0.3) is 5.91 Å². The molecular formula is C21H20N2O4. The molecule has 1 N–H and O–H groups in total. The molecule has 0 aliphatic carbocycles. The van der Waals surface area contributed by atoms with Crippen molar-refractivity contribution >= 4 is 23.6 Å². The van der Waals surface area contributed by atoms with Crippen LogP contribution in [0.5, 0.6) is 5.75 Å². The van der Waals surface area contributed by atoms with E-state index in [-0.39, 0.29) is 5.57 Å². The Bertz CT molecular complexity index is 897. The summed E-state index contributed by atoms with van der Waals surface area (Å²) in [7, 11) is 1.28. The summed E-state index contributed by atoms with van der Waals surface area (Å²) < 4.78 is 10.3. The fourth-order valence-electron chi connectivity index (χ4n) is 2.29. The highest BCUT2D eigenvalue weighted by atomic mass is 16.5. The van der Waals surface area contributed by atoms with Crippen LogP contribution in [-0.2, 0) is 9.53 Å². The second-order valence-electron chi connectivity index (χ2n) is 5.58. The number of esters is 1. The van der Waals surface area contributed by atoms with E-state index in [1.165, 1.54) is 19.3 Å². The summed E-state index contributed by atoms with van der Waals surface area (Å²) in [6.45, 7) is 2.54.